The van der Waals surface area contributed by atoms with Gasteiger partial charge in [0, 0.05) is 12.5 Å². The van der Waals surface area contributed by atoms with E-state index in [4.69, 9.17) is 9.47 Å². The van der Waals surface area contributed by atoms with E-state index in [9.17, 15) is 0 Å². The van der Waals surface area contributed by atoms with Crippen molar-refractivity contribution in [2.45, 2.75) is 66.3 Å². The van der Waals surface area contributed by atoms with Gasteiger partial charge in [-0.2, -0.15) is 0 Å². The highest BCUT2D eigenvalue weighted by atomic mass is 16.7. The predicted octanol–water partition coefficient (Wildman–Crippen LogP) is 3.85. The Bertz CT molecular complexity index is 191. The van der Waals surface area contributed by atoms with E-state index in [0.29, 0.717) is 23.9 Å². The van der Waals surface area contributed by atoms with E-state index >= 15 is 0 Å². The highest BCUT2D eigenvalue weighted by molar-refractivity contribution is 4.82. The largest absolute Gasteiger partial charge is 0.352 e. The number of rotatable bonds is 5. The third-order valence-electron chi connectivity index (χ3n) is 4.17. The SMILES string of the molecule is CCCCO[C@H]1OC(CC)[C@@H](C)C(C)[C@H]1C. The molecule has 1 heterocycles. The van der Waals surface area contributed by atoms with Crippen LogP contribution in [0, 0.1) is 17.8 Å². The first-order valence-corrected chi connectivity index (χ1v) is 6.88. The van der Waals surface area contributed by atoms with E-state index in [0.717, 1.165) is 19.4 Å². The Hall–Kier alpha value is -0.0800. The molecule has 96 valence electrons. The van der Waals surface area contributed by atoms with Crippen molar-refractivity contribution in [3.05, 3.63) is 0 Å². The summed E-state index contributed by atoms with van der Waals surface area (Å²) in [6.07, 6.45) is 3.80. The lowest BCUT2D eigenvalue weighted by molar-refractivity contribution is -0.248. The normalized spacial score (nSPS) is 39.9. The molecule has 2 heteroatoms. The molecule has 0 N–H and O–H groups in total. The highest BCUT2D eigenvalue weighted by Gasteiger charge is 2.38. The fraction of sp³-hybridized carbons (Fsp3) is 1.00. The molecule has 2 nitrogen and oxygen atoms in total. The zero-order chi connectivity index (χ0) is 12.1. The molecule has 0 aliphatic carbocycles. The molecule has 0 amide bonds. The summed E-state index contributed by atoms with van der Waals surface area (Å²) in [6.45, 7) is 12.1. The van der Waals surface area contributed by atoms with Crippen LogP contribution in [0.1, 0.15) is 53.9 Å². The second kappa shape index (κ2) is 6.61. The van der Waals surface area contributed by atoms with E-state index in [-0.39, 0.29) is 6.29 Å². The molecule has 0 saturated carbocycles. The summed E-state index contributed by atoms with van der Waals surface area (Å²) in [6, 6.07) is 0. The second-order valence-corrected chi connectivity index (χ2v) is 5.25. The lowest BCUT2D eigenvalue weighted by Crippen LogP contribution is -2.45. The van der Waals surface area contributed by atoms with Crippen molar-refractivity contribution in [3.63, 3.8) is 0 Å². The summed E-state index contributed by atoms with van der Waals surface area (Å²) in [5.74, 6) is 1.84. The van der Waals surface area contributed by atoms with Crippen LogP contribution in [-0.2, 0) is 9.47 Å². The van der Waals surface area contributed by atoms with Crippen LogP contribution in [0.25, 0.3) is 0 Å². The third-order valence-corrected chi connectivity index (χ3v) is 4.17. The number of ether oxygens (including phenoxy) is 2. The molecule has 0 aromatic heterocycles. The smallest absolute Gasteiger partial charge is 0.160 e. The molecule has 0 aromatic carbocycles. The zero-order valence-electron chi connectivity index (χ0n) is 11.5. The van der Waals surface area contributed by atoms with E-state index in [2.05, 4.69) is 34.6 Å². The molecule has 0 radical (unpaired) electrons. The molecule has 1 rings (SSSR count). The first-order valence-electron chi connectivity index (χ1n) is 6.88. The van der Waals surface area contributed by atoms with Crippen LogP contribution in [0.4, 0.5) is 0 Å². The van der Waals surface area contributed by atoms with Crippen molar-refractivity contribution < 1.29 is 9.47 Å². The Labute approximate surface area is 101 Å². The van der Waals surface area contributed by atoms with Crippen LogP contribution in [0.5, 0.6) is 0 Å². The lowest BCUT2D eigenvalue weighted by Gasteiger charge is -2.43. The fourth-order valence-corrected chi connectivity index (χ4v) is 2.49. The minimum absolute atomic E-state index is 0.0164. The second-order valence-electron chi connectivity index (χ2n) is 5.25. The van der Waals surface area contributed by atoms with Crippen LogP contribution in [0.15, 0.2) is 0 Å². The number of unbranched alkanes of at least 4 members (excludes halogenated alkanes) is 1. The van der Waals surface area contributed by atoms with Crippen molar-refractivity contribution in [2.24, 2.45) is 17.8 Å². The molecular formula is C14H28O2. The predicted molar refractivity (Wildman–Crippen MR) is 67.3 cm³/mol. The van der Waals surface area contributed by atoms with Gasteiger partial charge in [0.25, 0.3) is 0 Å². The molecule has 0 bridgehead atoms. The van der Waals surface area contributed by atoms with Gasteiger partial charge in [-0.1, -0.05) is 41.0 Å². The molecule has 5 atom stereocenters. The Morgan fingerprint density at radius 1 is 1.00 bits per heavy atom. The number of hydrogen-bond acceptors (Lipinski definition) is 2. The maximum Gasteiger partial charge on any atom is 0.160 e. The minimum atomic E-state index is 0.0164. The van der Waals surface area contributed by atoms with Gasteiger partial charge in [0.15, 0.2) is 6.29 Å². The molecule has 2 unspecified atom stereocenters. The molecule has 1 fully saturated rings. The fourth-order valence-electron chi connectivity index (χ4n) is 2.49. The summed E-state index contributed by atoms with van der Waals surface area (Å²) in [4.78, 5) is 0. The zero-order valence-corrected chi connectivity index (χ0v) is 11.5. The van der Waals surface area contributed by atoms with E-state index in [1.54, 1.807) is 0 Å². The third kappa shape index (κ3) is 3.21. The summed E-state index contributed by atoms with van der Waals surface area (Å²) in [5, 5.41) is 0. The maximum absolute atomic E-state index is 6.05. The summed E-state index contributed by atoms with van der Waals surface area (Å²) >= 11 is 0. The van der Waals surface area contributed by atoms with Crippen molar-refractivity contribution in [2.75, 3.05) is 6.61 Å². The average Bonchev–Trinajstić information content (AvgIpc) is 2.29. The van der Waals surface area contributed by atoms with Crippen molar-refractivity contribution in [1.29, 1.82) is 0 Å². The molecule has 16 heavy (non-hydrogen) atoms. The number of hydrogen-bond donors (Lipinski definition) is 0. The minimum Gasteiger partial charge on any atom is -0.352 e. The Kier molecular flexibility index (Phi) is 5.77. The van der Waals surface area contributed by atoms with Gasteiger partial charge in [0.05, 0.1) is 6.10 Å². The maximum atomic E-state index is 6.05. The van der Waals surface area contributed by atoms with Crippen molar-refractivity contribution >= 4 is 0 Å². The van der Waals surface area contributed by atoms with Crippen molar-refractivity contribution in [3.8, 4) is 0 Å². The molecule has 0 spiro atoms. The summed E-state index contributed by atoms with van der Waals surface area (Å²) < 4.78 is 11.9. The van der Waals surface area contributed by atoms with E-state index in [1.807, 2.05) is 0 Å². The van der Waals surface area contributed by atoms with Crippen LogP contribution < -0.4 is 0 Å². The molecular weight excluding hydrogens is 200 g/mol. The van der Waals surface area contributed by atoms with Crippen LogP contribution in [0.2, 0.25) is 0 Å². The molecule has 1 aliphatic heterocycles. The van der Waals surface area contributed by atoms with Gasteiger partial charge in [-0.05, 0) is 24.7 Å². The summed E-state index contributed by atoms with van der Waals surface area (Å²) in [7, 11) is 0. The topological polar surface area (TPSA) is 18.5 Å². The Morgan fingerprint density at radius 2 is 1.69 bits per heavy atom. The van der Waals surface area contributed by atoms with Gasteiger partial charge >= 0.3 is 0 Å². The highest BCUT2D eigenvalue weighted by Crippen LogP contribution is 2.36. The Morgan fingerprint density at radius 3 is 2.25 bits per heavy atom. The lowest BCUT2D eigenvalue weighted by atomic mass is 9.78. The van der Waals surface area contributed by atoms with Gasteiger partial charge < -0.3 is 9.47 Å². The Balaban J connectivity index is 2.50. The van der Waals surface area contributed by atoms with Crippen LogP contribution in [-0.4, -0.2) is 19.0 Å². The van der Waals surface area contributed by atoms with Crippen molar-refractivity contribution in [1.82, 2.24) is 0 Å². The van der Waals surface area contributed by atoms with Gasteiger partial charge in [-0.15, -0.1) is 0 Å². The van der Waals surface area contributed by atoms with Gasteiger partial charge in [0.2, 0.25) is 0 Å². The summed E-state index contributed by atoms with van der Waals surface area (Å²) in [5.41, 5.74) is 0. The van der Waals surface area contributed by atoms with Gasteiger partial charge in [-0.3, -0.25) is 0 Å². The van der Waals surface area contributed by atoms with Gasteiger partial charge in [0.1, 0.15) is 0 Å². The van der Waals surface area contributed by atoms with E-state index < -0.39 is 0 Å². The van der Waals surface area contributed by atoms with Crippen LogP contribution >= 0.6 is 0 Å². The first kappa shape index (κ1) is 14.0. The first-order chi connectivity index (χ1) is 7.61. The van der Waals surface area contributed by atoms with Crippen LogP contribution in [0.3, 0.4) is 0 Å². The quantitative estimate of drug-likeness (QED) is 0.665. The van der Waals surface area contributed by atoms with Gasteiger partial charge in [-0.25, -0.2) is 0 Å². The molecule has 0 aromatic rings. The standard InChI is InChI=1S/C14H28O2/c1-6-8-9-15-14-12(5)10(3)11(4)13(7-2)16-14/h10-14H,6-9H2,1-5H3/t10?,11-,12+,13?,14-/m0/s1. The monoisotopic (exact) mass is 228 g/mol. The average molecular weight is 228 g/mol. The van der Waals surface area contributed by atoms with E-state index in [1.165, 1.54) is 6.42 Å². The molecule has 1 saturated heterocycles. The molecule has 1 aliphatic rings.